The van der Waals surface area contributed by atoms with E-state index in [0.29, 0.717) is 12.5 Å². The third-order valence-corrected chi connectivity index (χ3v) is 2.82. The van der Waals surface area contributed by atoms with E-state index in [4.69, 9.17) is 10.3 Å². The van der Waals surface area contributed by atoms with Crippen LogP contribution in [0.25, 0.3) is 5.57 Å². The van der Waals surface area contributed by atoms with Crippen LogP contribution in [-0.4, -0.2) is 6.61 Å². The van der Waals surface area contributed by atoms with E-state index < -0.39 is 0 Å². The Bertz CT molecular complexity index is 437. The highest BCUT2D eigenvalue weighted by Gasteiger charge is 2.16. The van der Waals surface area contributed by atoms with Gasteiger partial charge in [-0.05, 0) is 11.6 Å². The maximum Gasteiger partial charge on any atom is 0.242 e. The molecule has 0 fully saturated rings. The van der Waals surface area contributed by atoms with Crippen molar-refractivity contribution in [2.45, 2.75) is 0 Å². The summed E-state index contributed by atoms with van der Waals surface area (Å²) in [7, 11) is 0. The Morgan fingerprint density at radius 3 is 2.67 bits per heavy atom. The fourth-order valence-corrected chi connectivity index (χ4v) is 1.96. The summed E-state index contributed by atoms with van der Waals surface area (Å²) in [6.45, 7) is 0.453. The second kappa shape index (κ2) is 4.40. The first-order valence-corrected chi connectivity index (χ1v) is 5.28. The van der Waals surface area contributed by atoms with Crippen LogP contribution in [-0.2, 0) is 4.74 Å². The first kappa shape index (κ1) is 10.1. The van der Waals surface area contributed by atoms with Gasteiger partial charge in [0.2, 0.25) is 5.88 Å². The molecule has 0 spiro atoms. The molecule has 0 unspecified atom stereocenters. The topological polar surface area (TPSA) is 45.4 Å². The number of allylic oxidation sites excluding steroid dienone is 2. The van der Waals surface area contributed by atoms with Crippen molar-refractivity contribution in [2.75, 3.05) is 6.61 Å². The van der Waals surface area contributed by atoms with Crippen molar-refractivity contribution in [1.82, 2.24) is 0 Å². The fourth-order valence-electron chi connectivity index (χ4n) is 1.42. The van der Waals surface area contributed by atoms with Gasteiger partial charge in [0.25, 0.3) is 0 Å². The lowest BCUT2D eigenvalue weighted by atomic mass is 10.1. The lowest BCUT2D eigenvalue weighted by Crippen LogP contribution is -2.02. The Morgan fingerprint density at radius 2 is 2.00 bits per heavy atom. The van der Waals surface area contributed by atoms with Crippen LogP contribution in [0.2, 0.25) is 0 Å². The van der Waals surface area contributed by atoms with Gasteiger partial charge >= 0.3 is 0 Å². The molecule has 3 nitrogen and oxygen atoms in total. The third-order valence-electron chi connectivity index (χ3n) is 2.10. The monoisotopic (exact) mass is 264 g/mol. The zero-order chi connectivity index (χ0) is 10.7. The van der Waals surface area contributed by atoms with Gasteiger partial charge in [-0.1, -0.05) is 46.3 Å². The van der Waals surface area contributed by atoms with Gasteiger partial charge in [0, 0.05) is 4.48 Å². The minimum absolute atomic E-state index is 0.357. The van der Waals surface area contributed by atoms with Crippen molar-refractivity contribution in [3.8, 4) is 0 Å². The van der Waals surface area contributed by atoms with Crippen LogP contribution in [0.5, 0.6) is 0 Å². The smallest absolute Gasteiger partial charge is 0.242 e. The predicted octanol–water partition coefficient (Wildman–Crippen LogP) is 3.70. The number of nitrogens with one attached hydrogen (secondary N) is 1. The normalized spacial score (nSPS) is 15.7. The molecule has 1 aromatic rings. The number of ether oxygens (including phenoxy) is 1. The lowest BCUT2D eigenvalue weighted by molar-refractivity contribution is 0.238. The molecule has 1 aromatic carbocycles. The van der Waals surface area contributed by atoms with Crippen molar-refractivity contribution in [3.05, 3.63) is 52.3 Å². The van der Waals surface area contributed by atoms with Gasteiger partial charge in [0.05, 0.1) is 5.57 Å². The van der Waals surface area contributed by atoms with Crippen LogP contribution in [0.1, 0.15) is 5.56 Å². The van der Waals surface area contributed by atoms with Gasteiger partial charge in [0.1, 0.15) is 6.61 Å². The molecule has 0 saturated carbocycles. The zero-order valence-electron chi connectivity index (χ0n) is 7.90. The highest BCUT2D eigenvalue weighted by Crippen LogP contribution is 2.34. The van der Waals surface area contributed by atoms with Gasteiger partial charge in [0.15, 0.2) is 0 Å². The molecule has 0 saturated heterocycles. The molecule has 0 bridgehead atoms. The standard InChI is InChI=1S/C11H9BrN2O/c12-9-6-7-15-11(14-13)10(9)8-4-2-1-3-5-8/h1-6,13H,7H2. The van der Waals surface area contributed by atoms with E-state index >= 15 is 0 Å². The average molecular weight is 265 g/mol. The van der Waals surface area contributed by atoms with Crippen molar-refractivity contribution in [3.63, 3.8) is 0 Å². The summed E-state index contributed by atoms with van der Waals surface area (Å²) in [5.74, 6) is 0.357. The largest absolute Gasteiger partial charge is 0.472 e. The minimum atomic E-state index is 0.357. The summed E-state index contributed by atoms with van der Waals surface area (Å²) >= 11 is 3.45. The van der Waals surface area contributed by atoms with E-state index in [-0.39, 0.29) is 0 Å². The maximum atomic E-state index is 7.06. The predicted molar refractivity (Wildman–Crippen MR) is 61.5 cm³/mol. The molecule has 1 aliphatic heterocycles. The first-order valence-electron chi connectivity index (χ1n) is 4.49. The van der Waals surface area contributed by atoms with Gasteiger partial charge in [-0.2, -0.15) is 0 Å². The summed E-state index contributed by atoms with van der Waals surface area (Å²) < 4.78 is 6.21. The molecule has 0 atom stereocenters. The van der Waals surface area contributed by atoms with Gasteiger partial charge < -0.3 is 4.74 Å². The Morgan fingerprint density at radius 1 is 1.27 bits per heavy atom. The molecule has 1 heterocycles. The number of nitrogens with zero attached hydrogens (tertiary/aromatic N) is 1. The number of halogens is 1. The molecule has 1 aliphatic rings. The first-order chi connectivity index (χ1) is 7.33. The average Bonchev–Trinajstić information content (AvgIpc) is 2.29. The Kier molecular flexibility index (Phi) is 2.97. The summed E-state index contributed by atoms with van der Waals surface area (Å²) in [6, 6.07) is 9.76. The number of hydrogen-bond acceptors (Lipinski definition) is 3. The highest BCUT2D eigenvalue weighted by atomic mass is 79.9. The van der Waals surface area contributed by atoms with E-state index in [1.165, 1.54) is 0 Å². The summed E-state index contributed by atoms with van der Waals surface area (Å²) in [5.41, 5.74) is 8.88. The molecule has 0 aromatic heterocycles. The second-order valence-corrected chi connectivity index (χ2v) is 3.88. The van der Waals surface area contributed by atoms with E-state index in [2.05, 4.69) is 21.0 Å². The number of rotatable bonds is 2. The van der Waals surface area contributed by atoms with Crippen LogP contribution in [0.15, 0.2) is 51.9 Å². The molecule has 0 amide bonds. The van der Waals surface area contributed by atoms with Crippen LogP contribution in [0.3, 0.4) is 0 Å². The molecule has 0 radical (unpaired) electrons. The van der Waals surface area contributed by atoms with Crippen molar-refractivity contribution < 1.29 is 4.74 Å². The maximum absolute atomic E-state index is 7.06. The third kappa shape index (κ3) is 1.99. The van der Waals surface area contributed by atoms with Crippen LogP contribution >= 0.6 is 15.9 Å². The summed E-state index contributed by atoms with van der Waals surface area (Å²) in [6.07, 6.45) is 1.91. The Balaban J connectivity index is 2.53. The SMILES string of the molecule is N=NC1=C(c2ccccc2)C(Br)=CCO1. The van der Waals surface area contributed by atoms with Crippen LogP contribution in [0.4, 0.5) is 0 Å². The molecule has 1 N–H and O–H groups in total. The van der Waals surface area contributed by atoms with Crippen molar-refractivity contribution >= 4 is 21.5 Å². The fraction of sp³-hybridized carbons (Fsp3) is 0.0909. The molecular weight excluding hydrogens is 256 g/mol. The van der Waals surface area contributed by atoms with E-state index in [9.17, 15) is 0 Å². The molecular formula is C11H9BrN2O. The zero-order valence-corrected chi connectivity index (χ0v) is 9.49. The van der Waals surface area contributed by atoms with Gasteiger partial charge in [-0.3, -0.25) is 0 Å². The summed E-state index contributed by atoms with van der Waals surface area (Å²) in [5, 5.41) is 3.39. The molecule has 0 aliphatic carbocycles. The van der Waals surface area contributed by atoms with Gasteiger partial charge in [-0.25, -0.2) is 5.53 Å². The molecule has 4 heteroatoms. The lowest BCUT2D eigenvalue weighted by Gasteiger charge is -2.15. The van der Waals surface area contributed by atoms with E-state index in [0.717, 1.165) is 15.6 Å². The van der Waals surface area contributed by atoms with E-state index in [1.807, 2.05) is 36.4 Å². The second-order valence-electron chi connectivity index (χ2n) is 3.02. The van der Waals surface area contributed by atoms with Crippen LogP contribution in [0, 0.1) is 5.53 Å². The molecule has 15 heavy (non-hydrogen) atoms. The van der Waals surface area contributed by atoms with Gasteiger partial charge in [-0.15, -0.1) is 5.11 Å². The quantitative estimate of drug-likeness (QED) is 0.814. The van der Waals surface area contributed by atoms with Crippen LogP contribution < -0.4 is 0 Å². The minimum Gasteiger partial charge on any atom is -0.472 e. The Labute approximate surface area is 96.1 Å². The van der Waals surface area contributed by atoms with Crippen molar-refractivity contribution in [2.24, 2.45) is 5.11 Å². The van der Waals surface area contributed by atoms with Crippen molar-refractivity contribution in [1.29, 1.82) is 5.53 Å². The number of benzene rings is 1. The highest BCUT2D eigenvalue weighted by molar-refractivity contribution is 9.12. The summed E-state index contributed by atoms with van der Waals surface area (Å²) in [4.78, 5) is 0. The molecule has 2 rings (SSSR count). The van der Waals surface area contributed by atoms with E-state index in [1.54, 1.807) is 0 Å². The number of hydrogen-bond donors (Lipinski definition) is 1. The molecule has 76 valence electrons. The Hall–Kier alpha value is -1.42.